The molecule has 1 aromatic carbocycles. The summed E-state index contributed by atoms with van der Waals surface area (Å²) in [6.07, 6.45) is -0.00717. The molecule has 0 spiro atoms. The molecule has 9 heteroatoms. The summed E-state index contributed by atoms with van der Waals surface area (Å²) in [7, 11) is -4.32. The summed E-state index contributed by atoms with van der Waals surface area (Å²) in [5.74, 6) is -0.516. The van der Waals surface area contributed by atoms with E-state index in [1.54, 1.807) is 13.8 Å². The summed E-state index contributed by atoms with van der Waals surface area (Å²) in [6, 6.07) is 2.35. The molecule has 20 heavy (non-hydrogen) atoms. The van der Waals surface area contributed by atoms with Gasteiger partial charge in [-0.3, -0.25) is 14.8 Å². The van der Waals surface area contributed by atoms with Gasteiger partial charge >= 0.3 is 0 Å². The van der Waals surface area contributed by atoms with Crippen LogP contribution in [-0.4, -0.2) is 24.6 Å². The maximum Gasteiger partial charge on any atom is 0.294 e. The zero-order valence-electron chi connectivity index (χ0n) is 10.8. The molecule has 0 unspecified atom stereocenters. The van der Waals surface area contributed by atoms with Gasteiger partial charge in [0.05, 0.1) is 22.0 Å². The minimum Gasteiger partial charge on any atom is -0.369 e. The second-order valence-corrected chi connectivity index (χ2v) is 6.00. The molecule has 110 valence electrons. The molecular formula is C11H14ClN3O4S. The molecule has 1 amide bonds. The number of hydrogen-bond donors (Lipinski definition) is 3. The Kier molecular flexibility index (Phi) is 5.09. The van der Waals surface area contributed by atoms with Crippen LogP contribution in [0, 0.1) is 6.92 Å². The number of nitrogens with one attached hydrogen (secondary N) is 1. The fourth-order valence-electron chi connectivity index (χ4n) is 1.45. The highest BCUT2D eigenvalue weighted by Crippen LogP contribution is 2.29. The molecule has 0 saturated heterocycles. The SMILES string of the molecule is C/C(CC(N)=O)=N/Nc1c(C)cc(S(=O)(=O)O)cc1Cl. The molecule has 1 rings (SSSR count). The van der Waals surface area contributed by atoms with Crippen molar-refractivity contribution in [2.45, 2.75) is 25.2 Å². The van der Waals surface area contributed by atoms with E-state index in [2.05, 4.69) is 10.5 Å². The molecule has 0 fully saturated rings. The highest BCUT2D eigenvalue weighted by atomic mass is 35.5. The molecule has 0 atom stereocenters. The number of hydrazone groups is 1. The second kappa shape index (κ2) is 6.21. The maximum atomic E-state index is 11.0. The summed E-state index contributed by atoms with van der Waals surface area (Å²) in [5.41, 5.74) is 8.96. The quantitative estimate of drug-likeness (QED) is 0.432. The van der Waals surface area contributed by atoms with Crippen molar-refractivity contribution in [3.63, 3.8) is 0 Å². The Morgan fingerprint density at radius 3 is 2.55 bits per heavy atom. The maximum absolute atomic E-state index is 11.0. The smallest absolute Gasteiger partial charge is 0.294 e. The zero-order chi connectivity index (χ0) is 15.5. The van der Waals surface area contributed by atoms with Crippen LogP contribution in [0.15, 0.2) is 22.1 Å². The van der Waals surface area contributed by atoms with Gasteiger partial charge in [-0.05, 0) is 31.5 Å². The van der Waals surface area contributed by atoms with Crippen LogP contribution >= 0.6 is 11.6 Å². The van der Waals surface area contributed by atoms with Crippen molar-refractivity contribution in [2.75, 3.05) is 5.43 Å². The zero-order valence-corrected chi connectivity index (χ0v) is 12.4. The molecule has 7 nitrogen and oxygen atoms in total. The van der Waals surface area contributed by atoms with Crippen molar-refractivity contribution < 1.29 is 17.8 Å². The average Bonchev–Trinajstić information content (AvgIpc) is 2.25. The summed E-state index contributed by atoms with van der Waals surface area (Å²) in [4.78, 5) is 10.4. The molecular weight excluding hydrogens is 306 g/mol. The lowest BCUT2D eigenvalue weighted by atomic mass is 10.2. The third-order valence-electron chi connectivity index (χ3n) is 2.35. The molecule has 0 aliphatic carbocycles. The molecule has 0 heterocycles. The Morgan fingerprint density at radius 1 is 1.50 bits per heavy atom. The number of hydrogen-bond acceptors (Lipinski definition) is 5. The van der Waals surface area contributed by atoms with Gasteiger partial charge in [0.1, 0.15) is 0 Å². The van der Waals surface area contributed by atoms with E-state index in [-0.39, 0.29) is 16.3 Å². The summed E-state index contributed by atoms with van der Waals surface area (Å²) >= 11 is 5.93. The van der Waals surface area contributed by atoms with Crippen molar-refractivity contribution in [1.29, 1.82) is 0 Å². The van der Waals surface area contributed by atoms with Gasteiger partial charge in [0, 0.05) is 5.71 Å². The number of amides is 1. The van der Waals surface area contributed by atoms with Gasteiger partial charge < -0.3 is 5.73 Å². The van der Waals surface area contributed by atoms with Crippen molar-refractivity contribution in [1.82, 2.24) is 0 Å². The van der Waals surface area contributed by atoms with E-state index >= 15 is 0 Å². The number of anilines is 1. The fraction of sp³-hybridized carbons (Fsp3) is 0.273. The topological polar surface area (TPSA) is 122 Å². The van der Waals surface area contributed by atoms with E-state index < -0.39 is 16.0 Å². The minimum absolute atomic E-state index is 0.00717. The first kappa shape index (κ1) is 16.4. The Morgan fingerprint density at radius 2 is 2.10 bits per heavy atom. The number of nitrogens with two attached hydrogens (primary N) is 1. The third kappa shape index (κ3) is 4.48. The van der Waals surface area contributed by atoms with Gasteiger partial charge in [-0.25, -0.2) is 0 Å². The third-order valence-corrected chi connectivity index (χ3v) is 3.48. The predicted octanol–water partition coefficient (Wildman–Crippen LogP) is 1.56. The molecule has 0 radical (unpaired) electrons. The highest BCUT2D eigenvalue weighted by Gasteiger charge is 2.14. The van der Waals surface area contributed by atoms with Crippen molar-refractivity contribution in [3.8, 4) is 0 Å². The van der Waals surface area contributed by atoms with E-state index in [1.165, 1.54) is 6.07 Å². The van der Waals surface area contributed by atoms with Crippen LogP contribution in [0.1, 0.15) is 18.9 Å². The van der Waals surface area contributed by atoms with Crippen molar-refractivity contribution >= 4 is 39.0 Å². The lowest BCUT2D eigenvalue weighted by Gasteiger charge is -2.10. The predicted molar refractivity (Wildman–Crippen MR) is 76.5 cm³/mol. The van der Waals surface area contributed by atoms with Crippen LogP contribution in [0.4, 0.5) is 5.69 Å². The normalized spacial score (nSPS) is 12.3. The van der Waals surface area contributed by atoms with Crippen LogP contribution in [0.2, 0.25) is 5.02 Å². The summed E-state index contributed by atoms with van der Waals surface area (Å²) in [5, 5.41) is 3.99. The van der Waals surface area contributed by atoms with Gasteiger partial charge in [0.2, 0.25) is 5.91 Å². The molecule has 0 aromatic heterocycles. The second-order valence-electron chi connectivity index (χ2n) is 4.17. The summed E-state index contributed by atoms with van der Waals surface area (Å²) in [6.45, 7) is 3.20. The summed E-state index contributed by atoms with van der Waals surface area (Å²) < 4.78 is 31.0. The van der Waals surface area contributed by atoms with Gasteiger partial charge in [-0.2, -0.15) is 13.5 Å². The van der Waals surface area contributed by atoms with E-state index in [4.69, 9.17) is 21.9 Å². The monoisotopic (exact) mass is 319 g/mol. The fourth-order valence-corrected chi connectivity index (χ4v) is 2.41. The number of rotatable bonds is 5. The van der Waals surface area contributed by atoms with E-state index in [0.29, 0.717) is 17.0 Å². The number of nitrogens with zero attached hydrogens (tertiary/aromatic N) is 1. The lowest BCUT2D eigenvalue weighted by molar-refractivity contribution is -0.116. The molecule has 0 bridgehead atoms. The first-order valence-corrected chi connectivity index (χ1v) is 7.28. The van der Waals surface area contributed by atoms with Crippen LogP contribution in [0.3, 0.4) is 0 Å². The number of aryl methyl sites for hydroxylation is 1. The Bertz CT molecular complexity index is 647. The molecule has 0 saturated carbocycles. The van der Waals surface area contributed by atoms with Crippen LogP contribution in [-0.2, 0) is 14.9 Å². The molecule has 4 N–H and O–H groups in total. The largest absolute Gasteiger partial charge is 0.369 e. The Labute approximate surface area is 121 Å². The van der Waals surface area contributed by atoms with Gasteiger partial charge in [-0.15, -0.1) is 0 Å². The van der Waals surface area contributed by atoms with Gasteiger partial charge in [0.25, 0.3) is 10.1 Å². The Hall–Kier alpha value is -1.64. The molecule has 0 aliphatic rings. The first-order chi connectivity index (χ1) is 9.11. The standard InChI is InChI=1S/C11H14ClN3O4S/c1-6-3-8(20(17,18)19)5-9(12)11(6)15-14-7(2)4-10(13)16/h3,5,15H,4H2,1-2H3,(H2,13,16)(H,17,18,19)/b14-7-. The number of carbonyl (C=O) groups excluding carboxylic acids is 1. The number of benzene rings is 1. The van der Waals surface area contributed by atoms with Crippen LogP contribution in [0.5, 0.6) is 0 Å². The first-order valence-electron chi connectivity index (χ1n) is 5.46. The number of primary amides is 1. The number of carbonyl (C=O) groups is 1. The number of halogens is 1. The van der Waals surface area contributed by atoms with Crippen LogP contribution < -0.4 is 11.2 Å². The highest BCUT2D eigenvalue weighted by molar-refractivity contribution is 7.85. The molecule has 1 aromatic rings. The van der Waals surface area contributed by atoms with Gasteiger partial charge in [0.15, 0.2) is 0 Å². The lowest BCUT2D eigenvalue weighted by Crippen LogP contribution is -2.15. The average molecular weight is 320 g/mol. The van der Waals surface area contributed by atoms with Crippen molar-refractivity contribution in [3.05, 3.63) is 22.7 Å². The minimum atomic E-state index is -4.32. The van der Waals surface area contributed by atoms with Gasteiger partial charge in [-0.1, -0.05) is 11.6 Å². The van der Waals surface area contributed by atoms with Crippen LogP contribution in [0.25, 0.3) is 0 Å². The van der Waals surface area contributed by atoms with E-state index in [0.717, 1.165) is 6.07 Å². The van der Waals surface area contributed by atoms with E-state index in [1.807, 2.05) is 0 Å². The Balaban J connectivity index is 3.07. The van der Waals surface area contributed by atoms with E-state index in [9.17, 15) is 13.2 Å². The van der Waals surface area contributed by atoms with Crippen molar-refractivity contribution in [2.24, 2.45) is 10.8 Å². The molecule has 0 aliphatic heterocycles.